The molecule has 1 aromatic carbocycles. The van der Waals surface area contributed by atoms with Crippen molar-refractivity contribution in [1.29, 1.82) is 5.26 Å². The van der Waals surface area contributed by atoms with Crippen LogP contribution in [0.4, 0.5) is 0 Å². The van der Waals surface area contributed by atoms with Crippen LogP contribution >= 0.6 is 0 Å². The van der Waals surface area contributed by atoms with Gasteiger partial charge in [-0.3, -0.25) is 4.79 Å². The number of carbonyl (C=O) groups is 1. The van der Waals surface area contributed by atoms with E-state index >= 15 is 0 Å². The van der Waals surface area contributed by atoms with Gasteiger partial charge < -0.3 is 8.92 Å². The maximum atomic E-state index is 10.9. The van der Waals surface area contributed by atoms with Gasteiger partial charge in [0, 0.05) is 12.5 Å². The lowest BCUT2D eigenvalue weighted by molar-refractivity contribution is -0.144. The molecule has 0 bridgehead atoms. The third-order valence-electron chi connectivity index (χ3n) is 1.83. The minimum Gasteiger partial charge on any atom is -0.442 e. The molecule has 0 saturated heterocycles. The largest absolute Gasteiger partial charge is 0.442 e. The van der Waals surface area contributed by atoms with Crippen LogP contribution in [0.25, 0.3) is 0 Å². The number of nitrogens with zero attached hydrogens (tertiary/aromatic N) is 1. The van der Waals surface area contributed by atoms with E-state index in [0.717, 1.165) is 6.26 Å². The topological polar surface area (TPSA) is 93.5 Å². The number of hydrogen-bond donors (Lipinski definition) is 0. The van der Waals surface area contributed by atoms with E-state index in [2.05, 4.69) is 4.18 Å². The summed E-state index contributed by atoms with van der Waals surface area (Å²) in [6, 6.07) is 7.49. The Morgan fingerprint density at radius 1 is 1.33 bits per heavy atom. The second-order valence-electron chi connectivity index (χ2n) is 3.48. The lowest BCUT2D eigenvalue weighted by Gasteiger charge is -2.10. The molecule has 0 amide bonds. The zero-order valence-corrected chi connectivity index (χ0v) is 10.6. The van der Waals surface area contributed by atoms with Crippen molar-refractivity contribution in [2.24, 2.45) is 0 Å². The minimum absolute atomic E-state index is 0.126. The summed E-state index contributed by atoms with van der Waals surface area (Å²) in [6.45, 7) is 1.20. The standard InChI is InChI=1S/C11H11NO5S/c1-8(13)16-11(7-12)9-3-5-10(6-4-9)17-18(2,14)15/h3-6,11H,1-2H3. The van der Waals surface area contributed by atoms with Crippen LogP contribution in [-0.2, 0) is 19.6 Å². The molecule has 7 heteroatoms. The van der Waals surface area contributed by atoms with E-state index in [-0.39, 0.29) is 5.75 Å². The fraction of sp³-hybridized carbons (Fsp3) is 0.273. The van der Waals surface area contributed by atoms with Crippen LogP contribution < -0.4 is 4.18 Å². The molecule has 0 fully saturated rings. The highest BCUT2D eigenvalue weighted by molar-refractivity contribution is 7.86. The summed E-state index contributed by atoms with van der Waals surface area (Å²) in [7, 11) is -3.59. The first-order valence-electron chi connectivity index (χ1n) is 4.88. The van der Waals surface area contributed by atoms with Crippen LogP contribution in [0.5, 0.6) is 5.75 Å². The van der Waals surface area contributed by atoms with Gasteiger partial charge in [-0.25, -0.2) is 0 Å². The molecule has 18 heavy (non-hydrogen) atoms. The highest BCUT2D eigenvalue weighted by Gasteiger charge is 2.14. The van der Waals surface area contributed by atoms with E-state index < -0.39 is 22.2 Å². The van der Waals surface area contributed by atoms with Crippen molar-refractivity contribution >= 4 is 16.1 Å². The number of hydrogen-bond acceptors (Lipinski definition) is 6. The summed E-state index contributed by atoms with van der Waals surface area (Å²) >= 11 is 0. The molecule has 1 atom stereocenters. The fourth-order valence-corrected chi connectivity index (χ4v) is 1.67. The van der Waals surface area contributed by atoms with Crippen molar-refractivity contribution < 1.29 is 22.1 Å². The summed E-state index contributed by atoms with van der Waals surface area (Å²) in [6.07, 6.45) is -0.0903. The molecule has 0 N–H and O–H groups in total. The molecule has 0 aliphatic heterocycles. The van der Waals surface area contributed by atoms with Crippen molar-refractivity contribution in [3.05, 3.63) is 29.8 Å². The first-order chi connectivity index (χ1) is 8.31. The quantitative estimate of drug-likeness (QED) is 0.601. The van der Waals surface area contributed by atoms with Crippen LogP contribution in [0, 0.1) is 11.3 Å². The van der Waals surface area contributed by atoms with Crippen molar-refractivity contribution in [1.82, 2.24) is 0 Å². The Morgan fingerprint density at radius 2 is 1.89 bits per heavy atom. The van der Waals surface area contributed by atoms with Gasteiger partial charge in [0.25, 0.3) is 0 Å². The van der Waals surface area contributed by atoms with E-state index in [4.69, 9.17) is 10.00 Å². The van der Waals surface area contributed by atoms with Crippen molar-refractivity contribution in [2.75, 3.05) is 6.26 Å². The molecule has 0 heterocycles. The highest BCUT2D eigenvalue weighted by atomic mass is 32.2. The zero-order valence-electron chi connectivity index (χ0n) is 9.78. The molecule has 0 aliphatic rings. The summed E-state index contributed by atoms with van der Waals surface area (Å²) in [4.78, 5) is 10.8. The van der Waals surface area contributed by atoms with Gasteiger partial charge in [0.1, 0.15) is 11.8 Å². The third kappa shape index (κ3) is 4.43. The predicted molar refractivity (Wildman–Crippen MR) is 62.0 cm³/mol. The number of ether oxygens (including phenoxy) is 1. The van der Waals surface area contributed by atoms with Gasteiger partial charge >= 0.3 is 16.1 Å². The first kappa shape index (κ1) is 14.0. The highest BCUT2D eigenvalue weighted by Crippen LogP contribution is 2.21. The summed E-state index contributed by atoms with van der Waals surface area (Å²) in [5.41, 5.74) is 0.438. The third-order valence-corrected chi connectivity index (χ3v) is 2.33. The van der Waals surface area contributed by atoms with E-state index in [1.165, 1.54) is 31.2 Å². The van der Waals surface area contributed by atoms with Gasteiger partial charge in [-0.1, -0.05) is 12.1 Å². The Labute approximate surface area is 105 Å². The molecule has 1 rings (SSSR count). The molecular formula is C11H11NO5S. The van der Waals surface area contributed by atoms with E-state index in [0.29, 0.717) is 5.56 Å². The fourth-order valence-electron chi connectivity index (χ4n) is 1.21. The lowest BCUT2D eigenvalue weighted by atomic mass is 10.1. The van der Waals surface area contributed by atoms with E-state index in [1.807, 2.05) is 6.07 Å². The van der Waals surface area contributed by atoms with Crippen molar-refractivity contribution in [3.63, 3.8) is 0 Å². The summed E-state index contributed by atoms with van der Waals surface area (Å²) in [5, 5.41) is 8.83. The average Bonchev–Trinajstić information content (AvgIpc) is 2.24. The smallest absolute Gasteiger partial charge is 0.306 e. The Morgan fingerprint density at radius 3 is 2.28 bits per heavy atom. The van der Waals surface area contributed by atoms with Crippen molar-refractivity contribution in [3.8, 4) is 11.8 Å². The van der Waals surface area contributed by atoms with E-state index in [9.17, 15) is 13.2 Å². The van der Waals surface area contributed by atoms with Gasteiger partial charge in [0.2, 0.25) is 6.10 Å². The molecular weight excluding hydrogens is 258 g/mol. The van der Waals surface area contributed by atoms with Gasteiger partial charge in [-0.05, 0) is 12.1 Å². The number of benzene rings is 1. The van der Waals surface area contributed by atoms with Gasteiger partial charge in [-0.15, -0.1) is 0 Å². The SMILES string of the molecule is CC(=O)OC(C#N)c1ccc(OS(C)(=O)=O)cc1. The van der Waals surface area contributed by atoms with E-state index in [1.54, 1.807) is 0 Å². The molecule has 1 aromatic rings. The Bertz CT molecular complexity index is 570. The summed E-state index contributed by atoms with van der Waals surface area (Å²) < 4.78 is 31.2. The molecule has 0 aromatic heterocycles. The molecule has 0 radical (unpaired) electrons. The molecule has 0 spiro atoms. The molecule has 0 aliphatic carbocycles. The molecule has 0 saturated carbocycles. The lowest BCUT2D eigenvalue weighted by Crippen LogP contribution is -2.07. The zero-order chi connectivity index (χ0) is 13.8. The predicted octanol–water partition coefficient (Wildman–Crippen LogP) is 1.15. The minimum atomic E-state index is -3.59. The second kappa shape index (κ2) is 5.51. The molecule has 1 unspecified atom stereocenters. The van der Waals surface area contributed by atoms with Crippen LogP contribution in [-0.4, -0.2) is 20.6 Å². The Kier molecular flexibility index (Phi) is 4.28. The van der Waals surface area contributed by atoms with Crippen LogP contribution in [0.2, 0.25) is 0 Å². The number of esters is 1. The van der Waals surface area contributed by atoms with Crippen LogP contribution in [0.1, 0.15) is 18.6 Å². The number of nitriles is 1. The summed E-state index contributed by atoms with van der Waals surface area (Å²) in [5.74, 6) is -0.446. The van der Waals surface area contributed by atoms with Crippen molar-refractivity contribution in [2.45, 2.75) is 13.0 Å². The Hall–Kier alpha value is -2.07. The van der Waals surface area contributed by atoms with Gasteiger partial charge in [0.15, 0.2) is 0 Å². The normalized spacial score (nSPS) is 12.3. The first-order valence-corrected chi connectivity index (χ1v) is 6.70. The maximum absolute atomic E-state index is 10.9. The van der Waals surface area contributed by atoms with Gasteiger partial charge in [-0.2, -0.15) is 13.7 Å². The monoisotopic (exact) mass is 269 g/mol. The average molecular weight is 269 g/mol. The molecule has 6 nitrogen and oxygen atoms in total. The second-order valence-corrected chi connectivity index (χ2v) is 5.05. The molecule has 96 valence electrons. The van der Waals surface area contributed by atoms with Crippen LogP contribution in [0.15, 0.2) is 24.3 Å². The maximum Gasteiger partial charge on any atom is 0.306 e. The van der Waals surface area contributed by atoms with Gasteiger partial charge in [0.05, 0.1) is 6.26 Å². The number of carbonyl (C=O) groups excluding carboxylic acids is 1. The Balaban J connectivity index is 2.88. The number of rotatable bonds is 4. The van der Waals surface area contributed by atoms with Crippen LogP contribution in [0.3, 0.4) is 0 Å².